The van der Waals surface area contributed by atoms with E-state index in [-0.39, 0.29) is 6.04 Å². The zero-order chi connectivity index (χ0) is 13.1. The lowest BCUT2D eigenvalue weighted by Crippen LogP contribution is -2.17. The van der Waals surface area contributed by atoms with Crippen molar-refractivity contribution in [3.8, 4) is 10.6 Å². The molecule has 3 nitrogen and oxygen atoms in total. The summed E-state index contributed by atoms with van der Waals surface area (Å²) in [5.74, 6) is 0. The van der Waals surface area contributed by atoms with Crippen LogP contribution in [0.5, 0.6) is 0 Å². The fraction of sp³-hybridized carbons (Fsp3) is 0.333. The third kappa shape index (κ3) is 3.09. The lowest BCUT2D eigenvalue weighted by Gasteiger charge is -2.06. The highest BCUT2D eigenvalue weighted by Crippen LogP contribution is 2.31. The van der Waals surface area contributed by atoms with Crippen molar-refractivity contribution >= 4 is 38.9 Å². The second-order valence-electron chi connectivity index (χ2n) is 3.85. The highest BCUT2D eigenvalue weighted by molar-refractivity contribution is 9.10. The van der Waals surface area contributed by atoms with Crippen LogP contribution in [0.4, 0.5) is 0 Å². The van der Waals surface area contributed by atoms with E-state index in [9.17, 15) is 0 Å². The van der Waals surface area contributed by atoms with Gasteiger partial charge in [0.1, 0.15) is 10.0 Å². The van der Waals surface area contributed by atoms with E-state index in [1.807, 2.05) is 18.2 Å². The van der Waals surface area contributed by atoms with E-state index >= 15 is 0 Å². The third-order valence-corrected chi connectivity index (χ3v) is 4.88. The highest BCUT2D eigenvalue weighted by atomic mass is 79.9. The van der Waals surface area contributed by atoms with Gasteiger partial charge < -0.3 is 5.32 Å². The van der Waals surface area contributed by atoms with Crippen LogP contribution < -0.4 is 5.32 Å². The van der Waals surface area contributed by atoms with Gasteiger partial charge in [-0.2, -0.15) is 0 Å². The second kappa shape index (κ2) is 6.10. The maximum Gasteiger partial charge on any atom is 0.147 e. The smallest absolute Gasteiger partial charge is 0.147 e. The van der Waals surface area contributed by atoms with Crippen molar-refractivity contribution in [2.45, 2.75) is 19.9 Å². The number of nitrogens with one attached hydrogen (secondary N) is 1. The van der Waals surface area contributed by atoms with Crippen LogP contribution in [-0.2, 0) is 0 Å². The number of nitrogens with zero attached hydrogens (tertiary/aromatic N) is 2. The molecule has 6 heteroatoms. The summed E-state index contributed by atoms with van der Waals surface area (Å²) in [5.41, 5.74) is 0.996. The third-order valence-electron chi connectivity index (χ3n) is 2.49. The van der Waals surface area contributed by atoms with Gasteiger partial charge in [-0.3, -0.25) is 0 Å². The predicted octanol–water partition coefficient (Wildman–Crippen LogP) is 4.29. The number of rotatable bonds is 4. The maximum atomic E-state index is 6.08. The molecule has 0 amide bonds. The Balaban J connectivity index is 2.26. The molecule has 1 N–H and O–H groups in total. The fourth-order valence-electron chi connectivity index (χ4n) is 1.55. The van der Waals surface area contributed by atoms with Crippen molar-refractivity contribution in [1.82, 2.24) is 15.5 Å². The molecule has 1 unspecified atom stereocenters. The number of hydrogen-bond donors (Lipinski definition) is 1. The molecule has 0 bridgehead atoms. The molecule has 0 radical (unpaired) electrons. The molecule has 18 heavy (non-hydrogen) atoms. The monoisotopic (exact) mass is 345 g/mol. The van der Waals surface area contributed by atoms with Crippen molar-refractivity contribution in [2.75, 3.05) is 6.54 Å². The largest absolute Gasteiger partial charge is 0.308 e. The van der Waals surface area contributed by atoms with E-state index < -0.39 is 0 Å². The quantitative estimate of drug-likeness (QED) is 0.897. The molecule has 1 aromatic carbocycles. The van der Waals surface area contributed by atoms with Crippen LogP contribution in [0.25, 0.3) is 10.6 Å². The summed E-state index contributed by atoms with van der Waals surface area (Å²) >= 11 is 11.0. The molecule has 1 atom stereocenters. The van der Waals surface area contributed by atoms with Crippen molar-refractivity contribution in [1.29, 1.82) is 0 Å². The van der Waals surface area contributed by atoms with Gasteiger partial charge in [0.25, 0.3) is 0 Å². The van der Waals surface area contributed by atoms with Gasteiger partial charge >= 0.3 is 0 Å². The van der Waals surface area contributed by atoms with Gasteiger partial charge in [-0.15, -0.1) is 10.2 Å². The SMILES string of the molecule is CCNC(C)c1nnc(-c2ccc(Br)c(Cl)c2)s1. The van der Waals surface area contributed by atoms with Crippen LogP contribution in [0.3, 0.4) is 0 Å². The molecule has 2 aromatic rings. The van der Waals surface area contributed by atoms with Crippen LogP contribution in [-0.4, -0.2) is 16.7 Å². The lowest BCUT2D eigenvalue weighted by atomic mass is 10.2. The molecule has 0 aliphatic heterocycles. The van der Waals surface area contributed by atoms with Gasteiger partial charge in [0.05, 0.1) is 11.1 Å². The molecular formula is C12H13BrClN3S. The van der Waals surface area contributed by atoms with E-state index in [1.54, 1.807) is 11.3 Å². The Morgan fingerprint density at radius 3 is 2.89 bits per heavy atom. The zero-order valence-corrected chi connectivity index (χ0v) is 13.2. The summed E-state index contributed by atoms with van der Waals surface area (Å²) in [6.07, 6.45) is 0. The topological polar surface area (TPSA) is 37.8 Å². The molecule has 0 aliphatic rings. The minimum Gasteiger partial charge on any atom is -0.308 e. The first kappa shape index (κ1) is 13.9. The van der Waals surface area contributed by atoms with Crippen LogP contribution in [0.15, 0.2) is 22.7 Å². The lowest BCUT2D eigenvalue weighted by molar-refractivity contribution is 0.590. The average molecular weight is 347 g/mol. The zero-order valence-electron chi connectivity index (χ0n) is 10.1. The first-order valence-corrected chi connectivity index (χ1v) is 7.62. The standard InChI is InChI=1S/C12H13BrClN3S/c1-3-15-7(2)11-16-17-12(18-11)8-4-5-9(13)10(14)6-8/h4-7,15H,3H2,1-2H3. The Morgan fingerprint density at radius 1 is 1.44 bits per heavy atom. The van der Waals surface area contributed by atoms with E-state index in [0.717, 1.165) is 26.6 Å². The molecular weight excluding hydrogens is 334 g/mol. The molecule has 96 valence electrons. The van der Waals surface area contributed by atoms with E-state index in [4.69, 9.17) is 11.6 Å². The molecule has 0 saturated carbocycles. The Labute approximate surface area is 124 Å². The Kier molecular flexibility index (Phi) is 4.72. The summed E-state index contributed by atoms with van der Waals surface area (Å²) in [6.45, 7) is 5.08. The maximum absolute atomic E-state index is 6.08. The Bertz CT molecular complexity index is 544. The van der Waals surface area contributed by atoms with Crippen LogP contribution in [0, 0.1) is 0 Å². The second-order valence-corrected chi connectivity index (χ2v) is 6.12. The fourth-order valence-corrected chi connectivity index (χ4v) is 2.84. The molecule has 1 aromatic heterocycles. The van der Waals surface area contributed by atoms with E-state index in [0.29, 0.717) is 5.02 Å². The van der Waals surface area contributed by atoms with Gasteiger partial charge in [0.2, 0.25) is 0 Å². The normalized spacial score (nSPS) is 12.7. The van der Waals surface area contributed by atoms with Gasteiger partial charge in [-0.1, -0.05) is 35.9 Å². The van der Waals surface area contributed by atoms with Crippen LogP contribution in [0.2, 0.25) is 5.02 Å². The average Bonchev–Trinajstić information content (AvgIpc) is 2.82. The summed E-state index contributed by atoms with van der Waals surface area (Å²) in [5, 5.41) is 14.3. The number of aromatic nitrogens is 2. The van der Waals surface area contributed by atoms with Gasteiger partial charge in [-0.25, -0.2) is 0 Å². The Hall–Kier alpha value is -0.490. The first-order chi connectivity index (χ1) is 8.61. The summed E-state index contributed by atoms with van der Waals surface area (Å²) in [6, 6.07) is 6.03. The number of hydrogen-bond acceptors (Lipinski definition) is 4. The first-order valence-electron chi connectivity index (χ1n) is 5.64. The van der Waals surface area contributed by atoms with Crippen LogP contribution >= 0.6 is 38.9 Å². The van der Waals surface area contributed by atoms with Crippen molar-refractivity contribution in [3.63, 3.8) is 0 Å². The van der Waals surface area contributed by atoms with Crippen molar-refractivity contribution in [2.24, 2.45) is 0 Å². The van der Waals surface area contributed by atoms with E-state index in [1.165, 1.54) is 0 Å². The minimum atomic E-state index is 0.229. The number of halogens is 2. The Morgan fingerprint density at radius 2 is 2.22 bits per heavy atom. The molecule has 0 spiro atoms. The summed E-state index contributed by atoms with van der Waals surface area (Å²) in [4.78, 5) is 0. The van der Waals surface area contributed by atoms with Crippen LogP contribution in [0.1, 0.15) is 24.9 Å². The van der Waals surface area contributed by atoms with E-state index in [2.05, 4.69) is 45.3 Å². The van der Waals surface area contributed by atoms with Gasteiger partial charge in [0.15, 0.2) is 0 Å². The molecule has 0 fully saturated rings. The van der Waals surface area contributed by atoms with Crippen molar-refractivity contribution in [3.05, 3.63) is 32.7 Å². The highest BCUT2D eigenvalue weighted by Gasteiger charge is 2.12. The molecule has 2 rings (SSSR count). The predicted molar refractivity (Wildman–Crippen MR) is 80.1 cm³/mol. The van der Waals surface area contributed by atoms with Crippen molar-refractivity contribution < 1.29 is 0 Å². The summed E-state index contributed by atoms with van der Waals surface area (Å²) in [7, 11) is 0. The molecule has 0 saturated heterocycles. The van der Waals surface area contributed by atoms with Gasteiger partial charge in [0, 0.05) is 10.0 Å². The molecule has 1 heterocycles. The minimum absolute atomic E-state index is 0.229. The number of benzene rings is 1. The van der Waals surface area contributed by atoms with Gasteiger partial charge in [-0.05, 0) is 41.5 Å². The summed E-state index contributed by atoms with van der Waals surface area (Å²) < 4.78 is 0.888. The molecule has 0 aliphatic carbocycles.